The van der Waals surface area contributed by atoms with Gasteiger partial charge in [0, 0.05) is 23.6 Å². The SMILES string of the molecule is COc1cccc(/C=N/NC(=O)CSc2nnc(-c3ccncc3)n2-c2ccccc2)c1. The normalized spacial score (nSPS) is 10.9. The van der Waals surface area contributed by atoms with Crippen LogP contribution in [-0.2, 0) is 4.79 Å². The number of rotatable bonds is 8. The monoisotopic (exact) mass is 444 g/mol. The number of carbonyl (C=O) groups is 1. The largest absolute Gasteiger partial charge is 0.497 e. The Morgan fingerprint density at radius 3 is 2.69 bits per heavy atom. The summed E-state index contributed by atoms with van der Waals surface area (Å²) in [6, 6.07) is 20.9. The van der Waals surface area contributed by atoms with E-state index in [0.29, 0.717) is 11.0 Å². The van der Waals surface area contributed by atoms with E-state index in [9.17, 15) is 4.79 Å². The molecule has 8 nitrogen and oxygen atoms in total. The average molecular weight is 445 g/mol. The van der Waals surface area contributed by atoms with Crippen LogP contribution in [-0.4, -0.2) is 44.7 Å². The molecule has 2 aromatic carbocycles. The molecular weight excluding hydrogens is 424 g/mol. The molecule has 4 aromatic rings. The van der Waals surface area contributed by atoms with Gasteiger partial charge >= 0.3 is 0 Å². The second kappa shape index (κ2) is 10.4. The van der Waals surface area contributed by atoms with Gasteiger partial charge in [-0.15, -0.1) is 10.2 Å². The number of hydrazone groups is 1. The van der Waals surface area contributed by atoms with Gasteiger partial charge in [0.15, 0.2) is 11.0 Å². The minimum atomic E-state index is -0.248. The topological polar surface area (TPSA) is 94.3 Å². The molecule has 4 rings (SSSR count). The van der Waals surface area contributed by atoms with Crippen molar-refractivity contribution in [3.05, 3.63) is 84.7 Å². The van der Waals surface area contributed by atoms with Gasteiger partial charge in [-0.3, -0.25) is 14.3 Å². The number of amides is 1. The van der Waals surface area contributed by atoms with E-state index >= 15 is 0 Å². The highest BCUT2D eigenvalue weighted by atomic mass is 32.2. The first-order valence-electron chi connectivity index (χ1n) is 9.74. The van der Waals surface area contributed by atoms with E-state index < -0.39 is 0 Å². The Bertz CT molecular complexity index is 1210. The number of hydrogen-bond acceptors (Lipinski definition) is 7. The fraction of sp³-hybridized carbons (Fsp3) is 0.0870. The molecular formula is C23H20N6O2S. The molecule has 0 aliphatic carbocycles. The van der Waals surface area contributed by atoms with Gasteiger partial charge in [-0.2, -0.15) is 5.10 Å². The van der Waals surface area contributed by atoms with Crippen LogP contribution in [0, 0.1) is 0 Å². The molecule has 0 atom stereocenters. The second-order valence-corrected chi connectivity index (χ2v) is 7.51. The van der Waals surface area contributed by atoms with Crippen LogP contribution in [0.1, 0.15) is 5.56 Å². The number of benzene rings is 2. The first kappa shape index (κ1) is 21.3. The lowest BCUT2D eigenvalue weighted by molar-refractivity contribution is -0.118. The molecule has 160 valence electrons. The van der Waals surface area contributed by atoms with E-state index in [4.69, 9.17) is 4.74 Å². The van der Waals surface area contributed by atoms with Crippen LogP contribution in [0.3, 0.4) is 0 Å². The number of para-hydroxylation sites is 1. The van der Waals surface area contributed by atoms with Gasteiger partial charge in [0.2, 0.25) is 0 Å². The van der Waals surface area contributed by atoms with E-state index in [1.165, 1.54) is 11.8 Å². The average Bonchev–Trinajstić information content (AvgIpc) is 3.28. The lowest BCUT2D eigenvalue weighted by Crippen LogP contribution is -2.20. The summed E-state index contributed by atoms with van der Waals surface area (Å²) in [5.74, 6) is 1.29. The zero-order valence-corrected chi connectivity index (χ0v) is 18.1. The van der Waals surface area contributed by atoms with E-state index in [1.54, 1.807) is 25.7 Å². The predicted octanol–water partition coefficient (Wildman–Crippen LogP) is 3.58. The number of carbonyl (C=O) groups excluding carboxylic acids is 1. The van der Waals surface area contributed by atoms with Gasteiger partial charge in [0.25, 0.3) is 5.91 Å². The number of thioether (sulfide) groups is 1. The number of ether oxygens (including phenoxy) is 1. The van der Waals surface area contributed by atoms with Gasteiger partial charge in [-0.05, 0) is 42.0 Å². The van der Waals surface area contributed by atoms with Gasteiger partial charge in [0.05, 0.1) is 19.1 Å². The Balaban J connectivity index is 1.46. The molecule has 2 aromatic heterocycles. The molecule has 0 fully saturated rings. The standard InChI is InChI=1S/C23H20N6O2S/c1-31-20-9-5-6-17(14-20)15-25-26-21(30)16-32-23-28-27-22(18-10-12-24-13-11-18)29(23)19-7-3-2-4-8-19/h2-15H,16H2,1H3,(H,26,30)/b25-15+. The van der Waals surface area contributed by atoms with Gasteiger partial charge in [0.1, 0.15) is 5.75 Å². The summed E-state index contributed by atoms with van der Waals surface area (Å²) < 4.78 is 7.10. The summed E-state index contributed by atoms with van der Waals surface area (Å²) in [6.07, 6.45) is 4.99. The van der Waals surface area contributed by atoms with Crippen LogP contribution < -0.4 is 10.2 Å². The molecule has 0 radical (unpaired) electrons. The highest BCUT2D eigenvalue weighted by Crippen LogP contribution is 2.27. The van der Waals surface area contributed by atoms with Crippen LogP contribution in [0.15, 0.2) is 89.4 Å². The lowest BCUT2D eigenvalue weighted by atomic mass is 10.2. The molecule has 0 unspecified atom stereocenters. The quantitative estimate of drug-likeness (QED) is 0.254. The minimum Gasteiger partial charge on any atom is -0.497 e. The van der Waals surface area contributed by atoms with Crippen molar-refractivity contribution in [2.45, 2.75) is 5.16 Å². The third-order valence-electron chi connectivity index (χ3n) is 4.42. The van der Waals surface area contributed by atoms with Crippen molar-refractivity contribution in [3.63, 3.8) is 0 Å². The maximum absolute atomic E-state index is 12.3. The highest BCUT2D eigenvalue weighted by Gasteiger charge is 2.17. The lowest BCUT2D eigenvalue weighted by Gasteiger charge is -2.10. The van der Waals surface area contributed by atoms with Crippen molar-refractivity contribution in [2.24, 2.45) is 5.10 Å². The predicted molar refractivity (Wildman–Crippen MR) is 124 cm³/mol. The highest BCUT2D eigenvalue weighted by molar-refractivity contribution is 7.99. The molecule has 0 aliphatic heterocycles. The van der Waals surface area contributed by atoms with Crippen molar-refractivity contribution in [1.29, 1.82) is 0 Å². The molecule has 0 aliphatic rings. The van der Waals surface area contributed by atoms with Crippen molar-refractivity contribution >= 4 is 23.9 Å². The molecule has 0 saturated heterocycles. The van der Waals surface area contributed by atoms with Gasteiger partial charge < -0.3 is 4.74 Å². The molecule has 9 heteroatoms. The van der Waals surface area contributed by atoms with E-state index in [1.807, 2.05) is 71.3 Å². The van der Waals surface area contributed by atoms with Crippen molar-refractivity contribution in [1.82, 2.24) is 25.2 Å². The maximum atomic E-state index is 12.3. The number of pyridine rings is 1. The van der Waals surface area contributed by atoms with E-state index in [0.717, 1.165) is 22.6 Å². The Morgan fingerprint density at radius 1 is 1.09 bits per heavy atom. The van der Waals surface area contributed by atoms with E-state index in [2.05, 4.69) is 25.7 Å². The van der Waals surface area contributed by atoms with Gasteiger partial charge in [-0.1, -0.05) is 42.1 Å². The zero-order valence-electron chi connectivity index (χ0n) is 17.3. The maximum Gasteiger partial charge on any atom is 0.250 e. The second-order valence-electron chi connectivity index (χ2n) is 6.57. The number of aromatic nitrogens is 4. The minimum absolute atomic E-state index is 0.136. The molecule has 32 heavy (non-hydrogen) atoms. The van der Waals surface area contributed by atoms with Crippen LogP contribution in [0.4, 0.5) is 0 Å². The number of methoxy groups -OCH3 is 1. The Morgan fingerprint density at radius 2 is 1.91 bits per heavy atom. The van der Waals surface area contributed by atoms with Crippen molar-refractivity contribution < 1.29 is 9.53 Å². The summed E-state index contributed by atoms with van der Waals surface area (Å²) in [5.41, 5.74) is 5.15. The van der Waals surface area contributed by atoms with Crippen LogP contribution >= 0.6 is 11.8 Å². The summed E-state index contributed by atoms with van der Waals surface area (Å²) in [5, 5.41) is 13.3. The first-order valence-corrected chi connectivity index (χ1v) is 10.7. The smallest absolute Gasteiger partial charge is 0.250 e. The Hall–Kier alpha value is -3.98. The summed E-state index contributed by atoms with van der Waals surface area (Å²) >= 11 is 1.29. The van der Waals surface area contributed by atoms with Crippen LogP contribution in [0.5, 0.6) is 5.75 Å². The third-order valence-corrected chi connectivity index (χ3v) is 5.34. The summed E-state index contributed by atoms with van der Waals surface area (Å²) in [7, 11) is 1.60. The Labute approximate surface area is 189 Å². The van der Waals surface area contributed by atoms with E-state index in [-0.39, 0.29) is 11.7 Å². The summed E-state index contributed by atoms with van der Waals surface area (Å²) in [4.78, 5) is 16.4. The van der Waals surface area contributed by atoms with Crippen LogP contribution in [0.25, 0.3) is 17.1 Å². The molecule has 0 saturated carbocycles. The van der Waals surface area contributed by atoms with Crippen molar-refractivity contribution in [2.75, 3.05) is 12.9 Å². The molecule has 1 N–H and O–H groups in total. The van der Waals surface area contributed by atoms with Gasteiger partial charge in [-0.25, -0.2) is 5.43 Å². The number of nitrogens with one attached hydrogen (secondary N) is 1. The third kappa shape index (κ3) is 5.19. The number of hydrogen-bond donors (Lipinski definition) is 1. The molecule has 0 spiro atoms. The molecule has 2 heterocycles. The molecule has 1 amide bonds. The number of nitrogens with zero attached hydrogens (tertiary/aromatic N) is 5. The fourth-order valence-corrected chi connectivity index (χ4v) is 3.67. The Kier molecular flexibility index (Phi) is 6.88. The zero-order chi connectivity index (χ0) is 22.2. The van der Waals surface area contributed by atoms with Crippen molar-refractivity contribution in [3.8, 4) is 22.8 Å². The fourth-order valence-electron chi connectivity index (χ4n) is 2.92. The molecule has 0 bridgehead atoms. The van der Waals surface area contributed by atoms with Crippen LogP contribution in [0.2, 0.25) is 0 Å². The summed E-state index contributed by atoms with van der Waals surface area (Å²) in [6.45, 7) is 0. The first-order chi connectivity index (χ1) is 15.7.